The quantitative estimate of drug-likeness (QED) is 0.926. The minimum atomic E-state index is -0.323. The van der Waals surface area contributed by atoms with Crippen LogP contribution in [-0.4, -0.2) is 15.2 Å². The normalized spacial score (nSPS) is 20.9. The fourth-order valence-electron chi connectivity index (χ4n) is 2.64. The molecule has 1 heterocycles. The second-order valence-corrected chi connectivity index (χ2v) is 5.52. The molecule has 104 valence electrons. The number of rotatable bonds is 4. The van der Waals surface area contributed by atoms with E-state index >= 15 is 0 Å². The van der Waals surface area contributed by atoms with Crippen LogP contribution in [0.25, 0.3) is 0 Å². The van der Waals surface area contributed by atoms with Crippen LogP contribution >= 0.6 is 0 Å². The van der Waals surface area contributed by atoms with Gasteiger partial charge in [0, 0.05) is 5.92 Å². The number of ether oxygens (including phenoxy) is 1. The van der Waals surface area contributed by atoms with Crippen LogP contribution in [-0.2, 0) is 13.0 Å². The predicted molar refractivity (Wildman–Crippen MR) is 70.3 cm³/mol. The van der Waals surface area contributed by atoms with Crippen LogP contribution in [0.1, 0.15) is 54.1 Å². The molecule has 0 bridgehead atoms. The molecule has 0 amide bonds. The molecule has 1 aromatic heterocycles. The van der Waals surface area contributed by atoms with E-state index in [1.807, 2.05) is 18.2 Å². The summed E-state index contributed by atoms with van der Waals surface area (Å²) in [6.07, 6.45) is 3.70. The summed E-state index contributed by atoms with van der Waals surface area (Å²) in [6, 6.07) is 5.81. The van der Waals surface area contributed by atoms with Gasteiger partial charge in [0.05, 0.1) is 6.10 Å². The zero-order valence-corrected chi connectivity index (χ0v) is 11.1. The Hall–Kier alpha value is -1.88. The Bertz CT molecular complexity index is 634. The molecular formula is C15H16N2O3. The van der Waals surface area contributed by atoms with Crippen LogP contribution < -0.4 is 4.74 Å². The van der Waals surface area contributed by atoms with Gasteiger partial charge in [0.1, 0.15) is 5.75 Å². The predicted octanol–water partition coefficient (Wildman–Crippen LogP) is 2.51. The van der Waals surface area contributed by atoms with Crippen molar-refractivity contribution >= 4 is 0 Å². The van der Waals surface area contributed by atoms with Crippen LogP contribution in [0.5, 0.6) is 5.75 Å². The third-order valence-electron chi connectivity index (χ3n) is 3.95. The third kappa shape index (κ3) is 2.18. The molecule has 0 aliphatic heterocycles. The molecule has 1 fully saturated rings. The Morgan fingerprint density at radius 3 is 3.05 bits per heavy atom. The van der Waals surface area contributed by atoms with Gasteiger partial charge in [-0.2, -0.15) is 4.98 Å². The van der Waals surface area contributed by atoms with E-state index in [4.69, 9.17) is 9.26 Å². The second kappa shape index (κ2) is 4.59. The average Bonchev–Trinajstić information content (AvgIpc) is 3.10. The van der Waals surface area contributed by atoms with Gasteiger partial charge in [0.25, 0.3) is 5.89 Å². The number of aryl methyl sites for hydroxylation is 1. The van der Waals surface area contributed by atoms with Gasteiger partial charge >= 0.3 is 0 Å². The van der Waals surface area contributed by atoms with Gasteiger partial charge in [-0.3, -0.25) is 0 Å². The van der Waals surface area contributed by atoms with Crippen molar-refractivity contribution in [3.8, 4) is 5.75 Å². The highest BCUT2D eigenvalue weighted by Gasteiger charge is 2.28. The minimum absolute atomic E-state index is 0.293. The van der Waals surface area contributed by atoms with Gasteiger partial charge in [-0.1, -0.05) is 11.2 Å². The maximum atomic E-state index is 9.77. The number of aliphatic hydroxyl groups is 1. The van der Waals surface area contributed by atoms with Crippen molar-refractivity contribution < 1.29 is 14.4 Å². The second-order valence-electron chi connectivity index (χ2n) is 5.52. The molecule has 2 aromatic rings. The number of hydrogen-bond donors (Lipinski definition) is 1. The fourth-order valence-corrected chi connectivity index (χ4v) is 2.64. The molecule has 1 atom stereocenters. The first-order valence-electron chi connectivity index (χ1n) is 7.06. The van der Waals surface area contributed by atoms with Gasteiger partial charge in [0.15, 0.2) is 12.4 Å². The molecule has 0 spiro atoms. The van der Waals surface area contributed by atoms with Gasteiger partial charge in [-0.25, -0.2) is 0 Å². The number of fused-ring (bicyclic) bond motifs is 1. The number of nitrogens with zero attached hydrogens (tertiary/aromatic N) is 2. The highest BCUT2D eigenvalue weighted by molar-refractivity contribution is 5.39. The van der Waals surface area contributed by atoms with Gasteiger partial charge in [0.2, 0.25) is 0 Å². The summed E-state index contributed by atoms with van der Waals surface area (Å²) >= 11 is 0. The van der Waals surface area contributed by atoms with Crippen LogP contribution in [0.3, 0.4) is 0 Å². The van der Waals surface area contributed by atoms with Crippen molar-refractivity contribution in [1.82, 2.24) is 10.1 Å². The van der Waals surface area contributed by atoms with E-state index in [-0.39, 0.29) is 6.10 Å². The summed E-state index contributed by atoms with van der Waals surface area (Å²) < 4.78 is 10.9. The molecule has 2 aliphatic rings. The molecule has 20 heavy (non-hydrogen) atoms. The zero-order valence-electron chi connectivity index (χ0n) is 11.1. The lowest BCUT2D eigenvalue weighted by atomic mass is 10.1. The lowest BCUT2D eigenvalue weighted by molar-refractivity contribution is 0.180. The van der Waals surface area contributed by atoms with E-state index in [1.54, 1.807) is 0 Å². The molecule has 5 heteroatoms. The van der Waals surface area contributed by atoms with Crippen LogP contribution in [0.2, 0.25) is 0 Å². The average molecular weight is 272 g/mol. The van der Waals surface area contributed by atoms with Crippen LogP contribution in [0.4, 0.5) is 0 Å². The SMILES string of the molecule is O[C@H]1CCc2cc(OCc3nc(C4CC4)no3)ccc21. The van der Waals surface area contributed by atoms with E-state index in [0.717, 1.165) is 42.8 Å². The van der Waals surface area contributed by atoms with Crippen LogP contribution in [0.15, 0.2) is 22.7 Å². The molecule has 1 aromatic carbocycles. The topological polar surface area (TPSA) is 68.4 Å². The smallest absolute Gasteiger partial charge is 0.264 e. The number of hydrogen-bond acceptors (Lipinski definition) is 5. The van der Waals surface area contributed by atoms with Crippen molar-refractivity contribution in [2.75, 3.05) is 0 Å². The molecule has 0 saturated heterocycles. The van der Waals surface area contributed by atoms with E-state index < -0.39 is 0 Å². The summed E-state index contributed by atoms with van der Waals surface area (Å²) in [4.78, 5) is 4.33. The first kappa shape index (κ1) is 11.9. The molecule has 0 unspecified atom stereocenters. The van der Waals surface area contributed by atoms with Crippen molar-refractivity contribution in [2.24, 2.45) is 0 Å². The van der Waals surface area contributed by atoms with Crippen molar-refractivity contribution in [2.45, 2.75) is 44.3 Å². The Morgan fingerprint density at radius 1 is 1.30 bits per heavy atom. The summed E-state index contributed by atoms with van der Waals surface area (Å²) in [5.41, 5.74) is 2.19. The van der Waals surface area contributed by atoms with Gasteiger partial charge < -0.3 is 14.4 Å². The third-order valence-corrected chi connectivity index (χ3v) is 3.95. The Kier molecular flexibility index (Phi) is 2.73. The lowest BCUT2D eigenvalue weighted by Gasteiger charge is -2.07. The molecular weight excluding hydrogens is 256 g/mol. The largest absolute Gasteiger partial charge is 0.484 e. The maximum absolute atomic E-state index is 9.77. The molecule has 1 saturated carbocycles. The van der Waals surface area contributed by atoms with Crippen LogP contribution in [0, 0.1) is 0 Å². The summed E-state index contributed by atoms with van der Waals surface area (Å²) in [6.45, 7) is 0.293. The Labute approximate surface area is 116 Å². The van der Waals surface area contributed by atoms with Crippen molar-refractivity contribution in [3.05, 3.63) is 41.0 Å². The van der Waals surface area contributed by atoms with Crippen molar-refractivity contribution in [3.63, 3.8) is 0 Å². The number of benzene rings is 1. The highest BCUT2D eigenvalue weighted by Crippen LogP contribution is 2.38. The summed E-state index contributed by atoms with van der Waals surface area (Å²) in [5.74, 6) is 2.60. The monoisotopic (exact) mass is 272 g/mol. The first-order valence-corrected chi connectivity index (χ1v) is 7.06. The van der Waals surface area contributed by atoms with E-state index in [0.29, 0.717) is 18.4 Å². The molecule has 2 aliphatic carbocycles. The Balaban J connectivity index is 1.43. The summed E-state index contributed by atoms with van der Waals surface area (Å²) in [7, 11) is 0. The van der Waals surface area contributed by atoms with E-state index in [1.165, 1.54) is 5.56 Å². The van der Waals surface area contributed by atoms with Gasteiger partial charge in [-0.15, -0.1) is 0 Å². The Morgan fingerprint density at radius 2 is 2.20 bits per heavy atom. The molecule has 1 N–H and O–H groups in total. The standard InChI is InChI=1S/C15H16N2O3/c18-13-6-3-10-7-11(4-5-12(10)13)19-8-14-16-15(17-20-14)9-1-2-9/h4-5,7,9,13,18H,1-3,6,8H2/t13-/m0/s1. The lowest BCUT2D eigenvalue weighted by Crippen LogP contribution is -1.97. The molecule has 4 rings (SSSR count). The number of aromatic nitrogens is 2. The number of aliphatic hydroxyl groups excluding tert-OH is 1. The van der Waals surface area contributed by atoms with Gasteiger partial charge in [-0.05, 0) is 48.9 Å². The molecule has 5 nitrogen and oxygen atoms in total. The minimum Gasteiger partial charge on any atom is -0.484 e. The molecule has 0 radical (unpaired) electrons. The first-order chi connectivity index (χ1) is 9.79. The summed E-state index contributed by atoms with van der Waals surface area (Å²) in [5, 5.41) is 13.7. The fraction of sp³-hybridized carbons (Fsp3) is 0.467. The zero-order chi connectivity index (χ0) is 13.5. The highest BCUT2D eigenvalue weighted by atomic mass is 16.5. The van der Waals surface area contributed by atoms with Crippen molar-refractivity contribution in [1.29, 1.82) is 0 Å². The van der Waals surface area contributed by atoms with E-state index in [9.17, 15) is 5.11 Å². The maximum Gasteiger partial charge on any atom is 0.264 e. The van der Waals surface area contributed by atoms with E-state index in [2.05, 4.69) is 10.1 Å².